The Hall–Kier alpha value is -2.64. The van der Waals surface area contributed by atoms with Crippen molar-refractivity contribution in [2.75, 3.05) is 13.1 Å². The Kier molecular flexibility index (Phi) is 4.87. The van der Waals surface area contributed by atoms with Crippen LogP contribution in [0.4, 0.5) is 0 Å². The third-order valence-electron chi connectivity index (χ3n) is 4.51. The van der Waals surface area contributed by atoms with Crippen LogP contribution in [0.25, 0.3) is 0 Å². The molecule has 0 saturated carbocycles. The second-order valence-corrected chi connectivity index (χ2v) is 6.84. The van der Waals surface area contributed by atoms with Gasteiger partial charge >= 0.3 is 0 Å². The molecule has 1 unspecified atom stereocenters. The summed E-state index contributed by atoms with van der Waals surface area (Å²) in [5, 5.41) is 14.0. The molecule has 25 heavy (non-hydrogen) atoms. The molecule has 8 heteroatoms. The van der Waals surface area contributed by atoms with Gasteiger partial charge in [-0.1, -0.05) is 13.8 Å². The summed E-state index contributed by atoms with van der Waals surface area (Å²) in [6.07, 6.45) is 4.27. The molecule has 1 atom stereocenters. The first kappa shape index (κ1) is 17.2. The van der Waals surface area contributed by atoms with Crippen molar-refractivity contribution in [2.24, 2.45) is 13.0 Å². The number of carbonyl (C=O) groups is 2. The Bertz CT molecular complexity index is 763. The second-order valence-electron chi connectivity index (χ2n) is 6.84. The van der Waals surface area contributed by atoms with E-state index in [9.17, 15) is 9.59 Å². The molecular formula is C17H24N6O2. The van der Waals surface area contributed by atoms with Gasteiger partial charge in [0, 0.05) is 44.1 Å². The highest BCUT2D eigenvalue weighted by atomic mass is 16.2. The lowest BCUT2D eigenvalue weighted by Gasteiger charge is -2.15. The fourth-order valence-corrected chi connectivity index (χ4v) is 2.96. The van der Waals surface area contributed by atoms with Gasteiger partial charge in [0.15, 0.2) is 0 Å². The van der Waals surface area contributed by atoms with Gasteiger partial charge in [-0.15, -0.1) is 0 Å². The molecule has 0 spiro atoms. The molecule has 0 aromatic carbocycles. The number of nitrogens with zero attached hydrogens (tertiary/aromatic N) is 4. The Morgan fingerprint density at radius 2 is 2.24 bits per heavy atom. The summed E-state index contributed by atoms with van der Waals surface area (Å²) >= 11 is 0. The van der Waals surface area contributed by atoms with E-state index in [-0.39, 0.29) is 17.7 Å². The van der Waals surface area contributed by atoms with E-state index < -0.39 is 0 Å². The number of hydrogen-bond donors (Lipinski definition) is 2. The van der Waals surface area contributed by atoms with Crippen molar-refractivity contribution < 1.29 is 9.59 Å². The number of rotatable bonds is 5. The molecule has 1 aliphatic rings. The summed E-state index contributed by atoms with van der Waals surface area (Å²) in [6, 6.07) is 1.79. The van der Waals surface area contributed by atoms with Crippen LogP contribution < -0.4 is 5.32 Å². The van der Waals surface area contributed by atoms with Gasteiger partial charge in [-0.2, -0.15) is 10.2 Å². The lowest BCUT2D eigenvalue weighted by Crippen LogP contribution is -2.34. The number of nitrogens with one attached hydrogen (secondary N) is 2. The summed E-state index contributed by atoms with van der Waals surface area (Å²) in [5.41, 5.74) is 2.31. The minimum absolute atomic E-state index is 0.0240. The summed E-state index contributed by atoms with van der Waals surface area (Å²) in [4.78, 5) is 26.6. The molecule has 0 radical (unpaired) electrons. The van der Waals surface area contributed by atoms with Crippen molar-refractivity contribution >= 4 is 11.8 Å². The van der Waals surface area contributed by atoms with E-state index in [1.165, 1.54) is 0 Å². The van der Waals surface area contributed by atoms with Crippen LogP contribution >= 0.6 is 0 Å². The number of hydrogen-bond acceptors (Lipinski definition) is 4. The van der Waals surface area contributed by atoms with Crippen LogP contribution in [0.2, 0.25) is 0 Å². The molecule has 1 aliphatic heterocycles. The van der Waals surface area contributed by atoms with E-state index >= 15 is 0 Å². The minimum atomic E-state index is -0.177. The quantitative estimate of drug-likeness (QED) is 0.847. The summed E-state index contributed by atoms with van der Waals surface area (Å²) in [7, 11) is 1.84. The minimum Gasteiger partial charge on any atom is -0.352 e. The third kappa shape index (κ3) is 3.89. The largest absolute Gasteiger partial charge is 0.352 e. The SMILES string of the molecule is CC(C)c1cc(C(=O)N2CCC(C(=O)NCc3cnn(C)c3)C2)n[nH]1. The molecule has 1 fully saturated rings. The Morgan fingerprint density at radius 1 is 1.44 bits per heavy atom. The lowest BCUT2D eigenvalue weighted by molar-refractivity contribution is -0.124. The zero-order chi connectivity index (χ0) is 18.0. The number of aromatic amines is 1. The second kappa shape index (κ2) is 7.08. The average molecular weight is 344 g/mol. The molecule has 3 rings (SSSR count). The van der Waals surface area contributed by atoms with Crippen LogP contribution in [0.5, 0.6) is 0 Å². The number of amides is 2. The van der Waals surface area contributed by atoms with Crippen LogP contribution in [-0.2, 0) is 18.4 Å². The first-order valence-electron chi connectivity index (χ1n) is 8.54. The van der Waals surface area contributed by atoms with Crippen molar-refractivity contribution in [3.05, 3.63) is 35.4 Å². The van der Waals surface area contributed by atoms with Crippen molar-refractivity contribution in [1.29, 1.82) is 0 Å². The van der Waals surface area contributed by atoms with Gasteiger partial charge in [0.2, 0.25) is 5.91 Å². The number of aromatic nitrogens is 4. The van der Waals surface area contributed by atoms with E-state index in [1.807, 2.05) is 27.1 Å². The Labute approximate surface area is 146 Å². The van der Waals surface area contributed by atoms with Gasteiger partial charge < -0.3 is 10.2 Å². The Balaban J connectivity index is 1.53. The van der Waals surface area contributed by atoms with Gasteiger partial charge in [0.25, 0.3) is 5.91 Å². The van der Waals surface area contributed by atoms with E-state index in [1.54, 1.807) is 21.8 Å². The molecule has 1 saturated heterocycles. The van der Waals surface area contributed by atoms with Crippen LogP contribution in [-0.4, -0.2) is 49.8 Å². The molecule has 0 aliphatic carbocycles. The molecule has 3 heterocycles. The highest BCUT2D eigenvalue weighted by molar-refractivity contribution is 5.93. The van der Waals surface area contributed by atoms with Crippen molar-refractivity contribution in [1.82, 2.24) is 30.2 Å². The molecular weight excluding hydrogens is 320 g/mol. The molecule has 134 valence electrons. The predicted molar refractivity (Wildman–Crippen MR) is 91.7 cm³/mol. The van der Waals surface area contributed by atoms with Gasteiger partial charge in [-0.3, -0.25) is 19.4 Å². The smallest absolute Gasteiger partial charge is 0.274 e. The molecule has 0 bridgehead atoms. The van der Waals surface area contributed by atoms with Crippen LogP contribution in [0.15, 0.2) is 18.5 Å². The summed E-state index contributed by atoms with van der Waals surface area (Å²) < 4.78 is 1.70. The van der Waals surface area contributed by atoms with E-state index in [4.69, 9.17) is 0 Å². The van der Waals surface area contributed by atoms with Crippen molar-refractivity contribution in [3.8, 4) is 0 Å². The number of likely N-dealkylation sites (tertiary alicyclic amines) is 1. The van der Waals surface area contributed by atoms with Gasteiger partial charge in [0.05, 0.1) is 12.1 Å². The zero-order valence-corrected chi connectivity index (χ0v) is 14.8. The summed E-state index contributed by atoms with van der Waals surface area (Å²) in [5.74, 6) is -0.0301. The first-order chi connectivity index (χ1) is 11.9. The number of H-pyrrole nitrogens is 1. The molecule has 2 N–H and O–H groups in total. The van der Waals surface area contributed by atoms with Crippen LogP contribution in [0, 0.1) is 5.92 Å². The molecule has 8 nitrogen and oxygen atoms in total. The first-order valence-corrected chi connectivity index (χ1v) is 8.54. The lowest BCUT2D eigenvalue weighted by atomic mass is 10.1. The van der Waals surface area contributed by atoms with E-state index in [0.29, 0.717) is 37.7 Å². The van der Waals surface area contributed by atoms with Crippen molar-refractivity contribution in [2.45, 2.75) is 32.7 Å². The summed E-state index contributed by atoms with van der Waals surface area (Å²) in [6.45, 7) is 5.55. The predicted octanol–water partition coefficient (Wildman–Crippen LogP) is 1.05. The number of carbonyl (C=O) groups excluding carboxylic acids is 2. The maximum absolute atomic E-state index is 12.5. The fraction of sp³-hybridized carbons (Fsp3) is 0.529. The van der Waals surface area contributed by atoms with Gasteiger partial charge in [0.1, 0.15) is 5.69 Å². The zero-order valence-electron chi connectivity index (χ0n) is 14.8. The average Bonchev–Trinajstić information content (AvgIpc) is 3.32. The maximum Gasteiger partial charge on any atom is 0.274 e. The molecule has 2 amide bonds. The maximum atomic E-state index is 12.5. The topological polar surface area (TPSA) is 95.9 Å². The third-order valence-corrected chi connectivity index (χ3v) is 4.51. The molecule has 2 aromatic heterocycles. The van der Waals surface area contributed by atoms with E-state index in [2.05, 4.69) is 20.6 Å². The standard InChI is InChI=1S/C17H24N6O2/c1-11(2)14-6-15(21-20-14)17(25)23-5-4-13(10-23)16(24)18-7-12-8-19-22(3)9-12/h6,8-9,11,13H,4-5,7,10H2,1-3H3,(H,18,24)(H,20,21). The highest BCUT2D eigenvalue weighted by Gasteiger charge is 2.32. The van der Waals surface area contributed by atoms with Gasteiger partial charge in [-0.05, 0) is 18.4 Å². The Morgan fingerprint density at radius 3 is 2.88 bits per heavy atom. The molecule has 2 aromatic rings. The van der Waals surface area contributed by atoms with Crippen LogP contribution in [0.3, 0.4) is 0 Å². The number of aryl methyl sites for hydroxylation is 1. The normalized spacial score (nSPS) is 17.3. The highest BCUT2D eigenvalue weighted by Crippen LogP contribution is 2.20. The monoisotopic (exact) mass is 344 g/mol. The van der Waals surface area contributed by atoms with E-state index in [0.717, 1.165) is 11.3 Å². The van der Waals surface area contributed by atoms with Crippen LogP contribution in [0.1, 0.15) is 47.9 Å². The fourth-order valence-electron chi connectivity index (χ4n) is 2.96. The van der Waals surface area contributed by atoms with Gasteiger partial charge in [-0.25, -0.2) is 0 Å². The van der Waals surface area contributed by atoms with Crippen molar-refractivity contribution in [3.63, 3.8) is 0 Å².